The van der Waals surface area contributed by atoms with Crippen molar-refractivity contribution in [2.75, 3.05) is 11.6 Å². The standard InChI is InChI=1S/C21H19N3O/c1-16-7-10-20(11-8-16)24-14-17-13-19(9-12-21(17)25-15-24)23-22-18-5-3-2-4-6-18/h2-13H,14-15H2,1H3. The molecular weight excluding hydrogens is 310 g/mol. The van der Waals surface area contributed by atoms with Gasteiger partial charge in [0.05, 0.1) is 11.4 Å². The van der Waals surface area contributed by atoms with Gasteiger partial charge in [0.15, 0.2) is 6.73 Å². The predicted molar refractivity (Wildman–Crippen MR) is 99.9 cm³/mol. The van der Waals surface area contributed by atoms with Gasteiger partial charge in [0.2, 0.25) is 0 Å². The Morgan fingerprint density at radius 3 is 2.40 bits per heavy atom. The van der Waals surface area contributed by atoms with Gasteiger partial charge in [-0.05, 0) is 49.4 Å². The molecule has 0 aromatic heterocycles. The summed E-state index contributed by atoms with van der Waals surface area (Å²) in [6.45, 7) is 3.45. The highest BCUT2D eigenvalue weighted by Crippen LogP contribution is 2.32. The quantitative estimate of drug-likeness (QED) is 0.572. The van der Waals surface area contributed by atoms with Gasteiger partial charge in [-0.25, -0.2) is 0 Å². The average molecular weight is 329 g/mol. The second kappa shape index (κ2) is 6.77. The zero-order valence-electron chi connectivity index (χ0n) is 14.1. The molecule has 124 valence electrons. The third kappa shape index (κ3) is 3.53. The Morgan fingerprint density at radius 1 is 0.840 bits per heavy atom. The zero-order chi connectivity index (χ0) is 17.1. The molecule has 4 rings (SSSR count). The van der Waals surface area contributed by atoms with Crippen molar-refractivity contribution in [3.63, 3.8) is 0 Å². The molecule has 1 aliphatic heterocycles. The number of fused-ring (bicyclic) bond motifs is 1. The van der Waals surface area contributed by atoms with Crippen molar-refractivity contribution < 1.29 is 4.74 Å². The third-order valence-electron chi connectivity index (χ3n) is 4.22. The van der Waals surface area contributed by atoms with Crippen molar-refractivity contribution >= 4 is 17.1 Å². The number of hydrogen-bond acceptors (Lipinski definition) is 4. The van der Waals surface area contributed by atoms with Crippen molar-refractivity contribution in [1.82, 2.24) is 0 Å². The lowest BCUT2D eigenvalue weighted by molar-refractivity contribution is 0.289. The van der Waals surface area contributed by atoms with E-state index in [0.717, 1.165) is 34.9 Å². The summed E-state index contributed by atoms with van der Waals surface area (Å²) in [6.07, 6.45) is 0. The van der Waals surface area contributed by atoms with Crippen LogP contribution in [-0.4, -0.2) is 6.73 Å². The maximum absolute atomic E-state index is 5.89. The molecule has 0 bridgehead atoms. The monoisotopic (exact) mass is 329 g/mol. The van der Waals surface area contributed by atoms with Crippen LogP contribution in [0.5, 0.6) is 5.75 Å². The summed E-state index contributed by atoms with van der Waals surface area (Å²) < 4.78 is 5.89. The maximum Gasteiger partial charge on any atom is 0.161 e. The van der Waals surface area contributed by atoms with Crippen LogP contribution in [0.3, 0.4) is 0 Å². The molecule has 0 atom stereocenters. The number of ether oxygens (including phenoxy) is 1. The molecular formula is C21H19N3O. The van der Waals surface area contributed by atoms with Crippen LogP contribution in [-0.2, 0) is 6.54 Å². The van der Waals surface area contributed by atoms with Gasteiger partial charge in [-0.2, -0.15) is 10.2 Å². The molecule has 4 heteroatoms. The van der Waals surface area contributed by atoms with Crippen LogP contribution in [0, 0.1) is 6.92 Å². The summed E-state index contributed by atoms with van der Waals surface area (Å²) in [5, 5.41) is 8.63. The van der Waals surface area contributed by atoms with Crippen LogP contribution in [0.4, 0.5) is 17.1 Å². The maximum atomic E-state index is 5.89. The number of hydrogen-bond donors (Lipinski definition) is 0. The molecule has 0 N–H and O–H groups in total. The molecule has 0 unspecified atom stereocenters. The Balaban J connectivity index is 1.55. The molecule has 25 heavy (non-hydrogen) atoms. The summed E-state index contributed by atoms with van der Waals surface area (Å²) >= 11 is 0. The number of azo groups is 1. The Hall–Kier alpha value is -3.14. The fraction of sp³-hybridized carbons (Fsp3) is 0.143. The molecule has 1 aliphatic rings. The first-order chi connectivity index (χ1) is 12.3. The number of anilines is 1. The van der Waals surface area contributed by atoms with Crippen LogP contribution in [0.15, 0.2) is 83.0 Å². The van der Waals surface area contributed by atoms with E-state index in [4.69, 9.17) is 4.74 Å². The van der Waals surface area contributed by atoms with Crippen molar-refractivity contribution in [3.8, 4) is 5.75 Å². The summed E-state index contributed by atoms with van der Waals surface area (Å²) in [6, 6.07) is 24.2. The van der Waals surface area contributed by atoms with Gasteiger partial charge in [-0.1, -0.05) is 35.9 Å². The van der Waals surface area contributed by atoms with Crippen molar-refractivity contribution in [2.24, 2.45) is 10.2 Å². The normalized spacial score (nSPS) is 13.6. The molecule has 0 saturated heterocycles. The molecule has 3 aromatic carbocycles. The number of nitrogens with zero attached hydrogens (tertiary/aromatic N) is 3. The fourth-order valence-electron chi connectivity index (χ4n) is 2.82. The number of aryl methyl sites for hydroxylation is 1. The number of benzene rings is 3. The topological polar surface area (TPSA) is 37.2 Å². The smallest absolute Gasteiger partial charge is 0.161 e. The molecule has 0 fully saturated rings. The summed E-state index contributed by atoms with van der Waals surface area (Å²) in [4.78, 5) is 2.21. The van der Waals surface area contributed by atoms with Crippen LogP contribution < -0.4 is 9.64 Å². The van der Waals surface area contributed by atoms with E-state index in [9.17, 15) is 0 Å². The molecule has 0 saturated carbocycles. The Kier molecular flexibility index (Phi) is 4.17. The molecule has 4 nitrogen and oxygen atoms in total. The molecule has 0 radical (unpaired) electrons. The molecule has 0 aliphatic carbocycles. The van der Waals surface area contributed by atoms with E-state index in [1.165, 1.54) is 5.56 Å². The van der Waals surface area contributed by atoms with Gasteiger partial charge < -0.3 is 9.64 Å². The van der Waals surface area contributed by atoms with Crippen LogP contribution in [0.25, 0.3) is 0 Å². The minimum atomic E-state index is 0.556. The van der Waals surface area contributed by atoms with Crippen molar-refractivity contribution in [1.29, 1.82) is 0 Å². The molecule has 0 spiro atoms. The number of rotatable bonds is 3. The van der Waals surface area contributed by atoms with Crippen LogP contribution >= 0.6 is 0 Å². The first kappa shape index (κ1) is 15.4. The van der Waals surface area contributed by atoms with E-state index in [1.807, 2.05) is 48.5 Å². The third-order valence-corrected chi connectivity index (χ3v) is 4.22. The summed E-state index contributed by atoms with van der Waals surface area (Å²) in [5.41, 5.74) is 5.21. The van der Waals surface area contributed by atoms with Crippen LogP contribution in [0.2, 0.25) is 0 Å². The molecule has 1 heterocycles. The second-order valence-electron chi connectivity index (χ2n) is 6.13. The highest BCUT2D eigenvalue weighted by atomic mass is 16.5. The highest BCUT2D eigenvalue weighted by molar-refractivity contribution is 5.54. The minimum absolute atomic E-state index is 0.556. The van der Waals surface area contributed by atoms with Gasteiger partial charge in [0.1, 0.15) is 5.75 Å². The zero-order valence-corrected chi connectivity index (χ0v) is 14.1. The van der Waals surface area contributed by atoms with E-state index in [1.54, 1.807) is 0 Å². The second-order valence-corrected chi connectivity index (χ2v) is 6.13. The predicted octanol–water partition coefficient (Wildman–Crippen LogP) is 5.77. The Morgan fingerprint density at radius 2 is 1.60 bits per heavy atom. The largest absolute Gasteiger partial charge is 0.473 e. The lowest BCUT2D eigenvalue weighted by atomic mass is 10.1. The Labute approximate surface area is 147 Å². The molecule has 3 aromatic rings. The average Bonchev–Trinajstić information content (AvgIpc) is 2.67. The van der Waals surface area contributed by atoms with Gasteiger partial charge in [0, 0.05) is 17.8 Å². The Bertz CT molecular complexity index is 889. The first-order valence-electron chi connectivity index (χ1n) is 8.32. The SMILES string of the molecule is Cc1ccc(N2COc3ccc(N=Nc4ccccc4)cc3C2)cc1. The molecule has 0 amide bonds. The van der Waals surface area contributed by atoms with Gasteiger partial charge in [-0.3, -0.25) is 0 Å². The van der Waals surface area contributed by atoms with E-state index in [2.05, 4.69) is 46.3 Å². The van der Waals surface area contributed by atoms with Crippen molar-refractivity contribution in [3.05, 3.63) is 83.9 Å². The van der Waals surface area contributed by atoms with Crippen molar-refractivity contribution in [2.45, 2.75) is 13.5 Å². The van der Waals surface area contributed by atoms with E-state index >= 15 is 0 Å². The summed E-state index contributed by atoms with van der Waals surface area (Å²) in [7, 11) is 0. The fourth-order valence-corrected chi connectivity index (χ4v) is 2.82. The van der Waals surface area contributed by atoms with E-state index in [-0.39, 0.29) is 0 Å². The lowest BCUT2D eigenvalue weighted by Gasteiger charge is -2.30. The van der Waals surface area contributed by atoms with Gasteiger partial charge in [0.25, 0.3) is 0 Å². The van der Waals surface area contributed by atoms with Gasteiger partial charge in [-0.15, -0.1) is 0 Å². The van der Waals surface area contributed by atoms with E-state index < -0.39 is 0 Å². The van der Waals surface area contributed by atoms with Gasteiger partial charge >= 0.3 is 0 Å². The summed E-state index contributed by atoms with van der Waals surface area (Å²) in [5.74, 6) is 0.919. The van der Waals surface area contributed by atoms with E-state index in [0.29, 0.717) is 6.73 Å². The highest BCUT2D eigenvalue weighted by Gasteiger charge is 2.18. The first-order valence-corrected chi connectivity index (χ1v) is 8.32. The minimum Gasteiger partial charge on any atom is -0.473 e. The lowest BCUT2D eigenvalue weighted by Crippen LogP contribution is -2.31. The van der Waals surface area contributed by atoms with Crippen LogP contribution in [0.1, 0.15) is 11.1 Å².